The molecule has 0 aliphatic rings. The molecule has 128 valence electrons. The highest BCUT2D eigenvalue weighted by Gasteiger charge is 2.10. The summed E-state index contributed by atoms with van der Waals surface area (Å²) in [4.78, 5) is 16.0. The summed E-state index contributed by atoms with van der Waals surface area (Å²) in [6.45, 7) is 0.197. The van der Waals surface area contributed by atoms with E-state index in [9.17, 15) is 4.79 Å². The van der Waals surface area contributed by atoms with E-state index in [-0.39, 0.29) is 12.5 Å². The van der Waals surface area contributed by atoms with Crippen LogP contribution < -0.4 is 10.1 Å². The third-order valence-electron chi connectivity index (χ3n) is 3.64. The van der Waals surface area contributed by atoms with Crippen molar-refractivity contribution in [3.63, 3.8) is 0 Å². The summed E-state index contributed by atoms with van der Waals surface area (Å²) in [5.74, 6) is 1.46. The molecule has 0 saturated heterocycles. The highest BCUT2D eigenvalue weighted by Crippen LogP contribution is 2.19. The second-order valence-corrected chi connectivity index (χ2v) is 5.33. The molecule has 3 aromatic rings. The van der Waals surface area contributed by atoms with E-state index in [1.807, 2.05) is 24.3 Å². The molecular weight excluding hydrogens is 320 g/mol. The number of nitrogens with zero attached hydrogens (tertiary/aromatic N) is 3. The van der Waals surface area contributed by atoms with Crippen LogP contribution in [-0.2, 0) is 17.8 Å². The van der Waals surface area contributed by atoms with Crippen LogP contribution in [0.4, 0.5) is 0 Å². The van der Waals surface area contributed by atoms with Gasteiger partial charge in [0.15, 0.2) is 0 Å². The summed E-state index contributed by atoms with van der Waals surface area (Å²) in [6, 6.07) is 11.2. The average molecular weight is 338 g/mol. The molecule has 0 saturated carbocycles. The number of ether oxygens (including phenoxy) is 1. The minimum Gasteiger partial charge on any atom is -0.496 e. The molecule has 2 aromatic heterocycles. The number of methoxy groups -OCH3 is 1. The van der Waals surface area contributed by atoms with Crippen molar-refractivity contribution < 1.29 is 13.9 Å². The van der Waals surface area contributed by atoms with Crippen LogP contribution in [-0.4, -0.2) is 28.2 Å². The van der Waals surface area contributed by atoms with E-state index in [1.165, 1.54) is 0 Å². The van der Waals surface area contributed by atoms with E-state index in [2.05, 4.69) is 20.5 Å². The van der Waals surface area contributed by atoms with Crippen molar-refractivity contribution in [3.8, 4) is 17.2 Å². The maximum absolute atomic E-state index is 12.0. The number of pyridine rings is 1. The number of rotatable bonds is 7. The number of carbonyl (C=O) groups excluding carboxylic acids is 1. The summed E-state index contributed by atoms with van der Waals surface area (Å²) < 4.78 is 10.8. The van der Waals surface area contributed by atoms with E-state index in [0.717, 1.165) is 16.9 Å². The summed E-state index contributed by atoms with van der Waals surface area (Å²) in [7, 11) is 1.62. The van der Waals surface area contributed by atoms with Crippen LogP contribution in [0.3, 0.4) is 0 Å². The Hall–Kier alpha value is -3.22. The average Bonchev–Trinajstić information content (AvgIpc) is 3.14. The molecule has 0 aliphatic carbocycles. The highest BCUT2D eigenvalue weighted by atomic mass is 16.5. The van der Waals surface area contributed by atoms with Gasteiger partial charge in [0.1, 0.15) is 5.75 Å². The minimum atomic E-state index is -0.0884. The number of aromatic nitrogens is 3. The maximum atomic E-state index is 12.0. The van der Waals surface area contributed by atoms with E-state index in [0.29, 0.717) is 24.6 Å². The number of hydrogen-bond donors (Lipinski definition) is 1. The highest BCUT2D eigenvalue weighted by molar-refractivity contribution is 5.76. The third-order valence-corrected chi connectivity index (χ3v) is 3.64. The van der Waals surface area contributed by atoms with Crippen LogP contribution in [0, 0.1) is 0 Å². The molecule has 25 heavy (non-hydrogen) atoms. The molecule has 1 aromatic carbocycles. The molecule has 0 fully saturated rings. The van der Waals surface area contributed by atoms with Gasteiger partial charge in [-0.25, -0.2) is 0 Å². The first kappa shape index (κ1) is 16.6. The normalized spacial score (nSPS) is 10.4. The van der Waals surface area contributed by atoms with Crippen molar-refractivity contribution in [2.75, 3.05) is 7.11 Å². The first-order valence-electron chi connectivity index (χ1n) is 7.87. The van der Waals surface area contributed by atoms with E-state index >= 15 is 0 Å². The first-order valence-corrected chi connectivity index (χ1v) is 7.87. The fourth-order valence-electron chi connectivity index (χ4n) is 2.36. The summed E-state index contributed by atoms with van der Waals surface area (Å²) in [5.41, 5.74) is 1.79. The Labute approximate surface area is 145 Å². The Balaban J connectivity index is 1.50. The van der Waals surface area contributed by atoms with Gasteiger partial charge < -0.3 is 14.5 Å². The smallest absolute Gasteiger partial charge is 0.247 e. The fourth-order valence-corrected chi connectivity index (χ4v) is 2.36. The van der Waals surface area contributed by atoms with Crippen molar-refractivity contribution in [3.05, 3.63) is 60.2 Å². The molecule has 1 N–H and O–H groups in total. The number of nitrogens with one attached hydrogen (secondary N) is 1. The van der Waals surface area contributed by atoms with Crippen LogP contribution in [0.1, 0.15) is 17.9 Å². The van der Waals surface area contributed by atoms with Crippen LogP contribution in [0.2, 0.25) is 0 Å². The SMILES string of the molecule is COc1ccccc1CCC(=O)NCc1nnc(-c2ccncc2)o1. The molecule has 7 nitrogen and oxygen atoms in total. The van der Waals surface area contributed by atoms with Gasteiger partial charge >= 0.3 is 0 Å². The Bertz CT molecular complexity index is 833. The minimum absolute atomic E-state index is 0.0884. The molecule has 0 radical (unpaired) electrons. The molecule has 0 atom stereocenters. The van der Waals surface area contributed by atoms with Gasteiger partial charge in [-0.2, -0.15) is 0 Å². The number of carbonyl (C=O) groups is 1. The van der Waals surface area contributed by atoms with Gasteiger partial charge in [-0.05, 0) is 30.2 Å². The second kappa shape index (κ2) is 8.05. The van der Waals surface area contributed by atoms with Crippen LogP contribution in [0.25, 0.3) is 11.5 Å². The first-order chi connectivity index (χ1) is 12.3. The predicted molar refractivity (Wildman–Crippen MR) is 90.7 cm³/mol. The topological polar surface area (TPSA) is 90.1 Å². The molecule has 3 rings (SSSR count). The lowest BCUT2D eigenvalue weighted by Crippen LogP contribution is -2.23. The van der Waals surface area contributed by atoms with Crippen molar-refractivity contribution >= 4 is 5.91 Å². The van der Waals surface area contributed by atoms with Gasteiger partial charge in [-0.3, -0.25) is 9.78 Å². The van der Waals surface area contributed by atoms with E-state index in [4.69, 9.17) is 9.15 Å². The van der Waals surface area contributed by atoms with Gasteiger partial charge in [0, 0.05) is 24.4 Å². The van der Waals surface area contributed by atoms with Crippen molar-refractivity contribution in [1.82, 2.24) is 20.5 Å². The van der Waals surface area contributed by atoms with Crippen LogP contribution in [0.15, 0.2) is 53.2 Å². The Morgan fingerprint density at radius 1 is 1.16 bits per heavy atom. The zero-order valence-electron chi connectivity index (χ0n) is 13.8. The van der Waals surface area contributed by atoms with Crippen LogP contribution >= 0.6 is 0 Å². The number of aryl methyl sites for hydroxylation is 1. The number of para-hydroxylation sites is 1. The lowest BCUT2D eigenvalue weighted by molar-refractivity contribution is -0.121. The Morgan fingerprint density at radius 2 is 1.96 bits per heavy atom. The Kier molecular flexibility index (Phi) is 5.36. The van der Waals surface area contributed by atoms with Gasteiger partial charge in [0.2, 0.25) is 17.7 Å². The lowest BCUT2D eigenvalue weighted by Gasteiger charge is -2.07. The molecule has 0 aliphatic heterocycles. The van der Waals surface area contributed by atoms with Crippen molar-refractivity contribution in [2.24, 2.45) is 0 Å². The molecule has 1 amide bonds. The van der Waals surface area contributed by atoms with Gasteiger partial charge in [-0.1, -0.05) is 18.2 Å². The van der Waals surface area contributed by atoms with Gasteiger partial charge in [-0.15, -0.1) is 10.2 Å². The van der Waals surface area contributed by atoms with E-state index in [1.54, 1.807) is 31.6 Å². The van der Waals surface area contributed by atoms with Crippen LogP contribution in [0.5, 0.6) is 5.75 Å². The molecule has 7 heteroatoms. The predicted octanol–water partition coefficient (Wildman–Crippen LogP) is 2.39. The Morgan fingerprint density at radius 3 is 2.76 bits per heavy atom. The molecule has 0 unspecified atom stereocenters. The molecule has 0 spiro atoms. The number of amides is 1. The van der Waals surface area contributed by atoms with E-state index < -0.39 is 0 Å². The molecular formula is C18H18N4O3. The number of hydrogen-bond acceptors (Lipinski definition) is 6. The van der Waals surface area contributed by atoms with Crippen molar-refractivity contribution in [1.29, 1.82) is 0 Å². The second-order valence-electron chi connectivity index (χ2n) is 5.33. The monoisotopic (exact) mass is 338 g/mol. The molecule has 0 bridgehead atoms. The van der Waals surface area contributed by atoms with Gasteiger partial charge in [0.05, 0.1) is 13.7 Å². The van der Waals surface area contributed by atoms with Gasteiger partial charge in [0.25, 0.3) is 0 Å². The largest absolute Gasteiger partial charge is 0.496 e. The third kappa shape index (κ3) is 4.41. The van der Waals surface area contributed by atoms with Crippen molar-refractivity contribution in [2.45, 2.75) is 19.4 Å². The quantitative estimate of drug-likeness (QED) is 0.711. The summed E-state index contributed by atoms with van der Waals surface area (Å²) >= 11 is 0. The fraction of sp³-hybridized carbons (Fsp3) is 0.222. The maximum Gasteiger partial charge on any atom is 0.247 e. The zero-order chi connectivity index (χ0) is 17.5. The lowest BCUT2D eigenvalue weighted by atomic mass is 10.1. The zero-order valence-corrected chi connectivity index (χ0v) is 13.8. The summed E-state index contributed by atoms with van der Waals surface area (Å²) in [5, 5.41) is 10.7. The standard InChI is InChI=1S/C18H18N4O3/c1-24-15-5-3-2-4-13(15)6-7-16(23)20-12-17-21-22-18(25-17)14-8-10-19-11-9-14/h2-5,8-11H,6-7,12H2,1H3,(H,20,23). The molecule has 2 heterocycles. The summed E-state index contributed by atoms with van der Waals surface area (Å²) in [6.07, 6.45) is 4.26. The number of benzene rings is 1.